The molecule has 6 nitrogen and oxygen atoms in total. The van der Waals surface area contributed by atoms with Gasteiger partial charge in [0.25, 0.3) is 5.91 Å². The normalized spacial score (nSPS) is 15.8. The van der Waals surface area contributed by atoms with E-state index in [2.05, 4.69) is 10.6 Å². The molecule has 0 aromatic heterocycles. The van der Waals surface area contributed by atoms with Gasteiger partial charge in [-0.05, 0) is 59.7 Å². The zero-order chi connectivity index (χ0) is 20.5. The lowest BCUT2D eigenvalue weighted by Crippen LogP contribution is -2.47. The number of benzene rings is 1. The molecule has 1 aliphatic heterocycles. The molecule has 0 spiro atoms. The topological polar surface area (TPSA) is 78.5 Å². The van der Waals surface area contributed by atoms with Gasteiger partial charge in [0.2, 0.25) is 11.8 Å². The molecule has 146 valence electrons. The SMILES string of the molecule is CC(C)=C1CC(=O)N(c2ccc(Cl)c(NC(C)C(=O)NC(C)(C)C)c2)C1=O. The minimum Gasteiger partial charge on any atom is -0.373 e. The Kier molecular flexibility index (Phi) is 6.00. The van der Waals surface area contributed by atoms with Crippen molar-refractivity contribution in [3.05, 3.63) is 34.4 Å². The van der Waals surface area contributed by atoms with E-state index < -0.39 is 6.04 Å². The number of allylic oxidation sites excluding steroid dienone is 1. The fourth-order valence-electron chi connectivity index (χ4n) is 2.75. The third-order valence-corrected chi connectivity index (χ3v) is 4.44. The number of nitrogens with zero attached hydrogens (tertiary/aromatic N) is 1. The van der Waals surface area contributed by atoms with Crippen LogP contribution in [0.25, 0.3) is 0 Å². The van der Waals surface area contributed by atoms with Gasteiger partial charge in [-0.1, -0.05) is 17.2 Å². The second kappa shape index (κ2) is 7.72. The van der Waals surface area contributed by atoms with Crippen LogP contribution < -0.4 is 15.5 Å². The summed E-state index contributed by atoms with van der Waals surface area (Å²) in [4.78, 5) is 38.4. The first-order valence-corrected chi connectivity index (χ1v) is 9.20. The first-order chi connectivity index (χ1) is 12.4. The molecule has 2 rings (SSSR count). The summed E-state index contributed by atoms with van der Waals surface area (Å²) in [7, 11) is 0. The van der Waals surface area contributed by atoms with Gasteiger partial charge in [-0.15, -0.1) is 0 Å². The molecule has 1 saturated heterocycles. The van der Waals surface area contributed by atoms with Crippen LogP contribution in [-0.2, 0) is 14.4 Å². The van der Waals surface area contributed by atoms with Crippen molar-refractivity contribution in [1.29, 1.82) is 0 Å². The van der Waals surface area contributed by atoms with Crippen LogP contribution in [0.5, 0.6) is 0 Å². The van der Waals surface area contributed by atoms with Crippen molar-refractivity contribution in [2.75, 3.05) is 10.2 Å². The van der Waals surface area contributed by atoms with Crippen LogP contribution in [0.2, 0.25) is 5.02 Å². The van der Waals surface area contributed by atoms with Crippen molar-refractivity contribution < 1.29 is 14.4 Å². The Bertz CT molecular complexity index is 820. The average molecular weight is 392 g/mol. The second-order valence-electron chi connectivity index (χ2n) is 7.96. The summed E-state index contributed by atoms with van der Waals surface area (Å²) in [6.45, 7) is 11.0. The van der Waals surface area contributed by atoms with Crippen molar-refractivity contribution in [2.45, 2.75) is 59.5 Å². The molecule has 0 radical (unpaired) electrons. The number of rotatable bonds is 4. The van der Waals surface area contributed by atoms with Gasteiger partial charge in [-0.2, -0.15) is 0 Å². The zero-order valence-electron chi connectivity index (χ0n) is 16.6. The Morgan fingerprint density at radius 2 is 1.85 bits per heavy atom. The number of imide groups is 1. The highest BCUT2D eigenvalue weighted by atomic mass is 35.5. The van der Waals surface area contributed by atoms with Gasteiger partial charge in [0.05, 0.1) is 22.8 Å². The quantitative estimate of drug-likeness (QED) is 0.606. The Morgan fingerprint density at radius 1 is 1.22 bits per heavy atom. The minimum absolute atomic E-state index is 0.0942. The molecule has 1 aromatic rings. The lowest BCUT2D eigenvalue weighted by Gasteiger charge is -2.25. The van der Waals surface area contributed by atoms with Gasteiger partial charge >= 0.3 is 0 Å². The molecule has 1 aromatic carbocycles. The molecule has 0 aliphatic carbocycles. The molecule has 2 N–H and O–H groups in total. The molecule has 1 fully saturated rings. The van der Waals surface area contributed by atoms with E-state index in [0.717, 1.165) is 10.5 Å². The van der Waals surface area contributed by atoms with Crippen LogP contribution in [0, 0.1) is 0 Å². The van der Waals surface area contributed by atoms with Crippen LogP contribution in [0.3, 0.4) is 0 Å². The van der Waals surface area contributed by atoms with Crippen molar-refractivity contribution in [3.63, 3.8) is 0 Å². The molecule has 0 saturated carbocycles. The summed E-state index contributed by atoms with van der Waals surface area (Å²) in [6.07, 6.45) is 0.0942. The second-order valence-corrected chi connectivity index (χ2v) is 8.37. The van der Waals surface area contributed by atoms with Crippen LogP contribution in [0.1, 0.15) is 48.0 Å². The number of anilines is 2. The van der Waals surface area contributed by atoms with Crippen molar-refractivity contribution >= 4 is 40.7 Å². The molecule has 0 bridgehead atoms. The number of amides is 3. The van der Waals surface area contributed by atoms with E-state index >= 15 is 0 Å². The van der Waals surface area contributed by atoms with E-state index in [0.29, 0.717) is 22.0 Å². The van der Waals surface area contributed by atoms with Crippen molar-refractivity contribution in [3.8, 4) is 0 Å². The number of carbonyl (C=O) groups excluding carboxylic acids is 3. The van der Waals surface area contributed by atoms with Crippen LogP contribution in [-0.4, -0.2) is 29.3 Å². The molecule has 1 atom stereocenters. The highest BCUT2D eigenvalue weighted by Crippen LogP contribution is 2.33. The molecule has 1 heterocycles. The number of carbonyl (C=O) groups is 3. The number of hydrogen-bond acceptors (Lipinski definition) is 4. The third-order valence-electron chi connectivity index (χ3n) is 4.11. The van der Waals surface area contributed by atoms with Crippen molar-refractivity contribution in [2.24, 2.45) is 0 Å². The maximum absolute atomic E-state index is 12.6. The standard InChI is InChI=1S/C20H26ClN3O3/c1-11(2)14-10-17(25)24(19(14)27)13-7-8-15(21)16(9-13)22-12(3)18(26)23-20(4,5)6/h7-9,12,22H,10H2,1-6H3,(H,23,26). The summed E-state index contributed by atoms with van der Waals surface area (Å²) in [5.41, 5.74) is 1.90. The van der Waals surface area contributed by atoms with Gasteiger partial charge in [-0.25, -0.2) is 4.90 Å². The summed E-state index contributed by atoms with van der Waals surface area (Å²) < 4.78 is 0. The summed E-state index contributed by atoms with van der Waals surface area (Å²) in [5.74, 6) is -0.765. The van der Waals surface area contributed by atoms with Crippen LogP contribution in [0.4, 0.5) is 11.4 Å². The summed E-state index contributed by atoms with van der Waals surface area (Å²) in [5, 5.41) is 6.34. The van der Waals surface area contributed by atoms with Crippen LogP contribution in [0.15, 0.2) is 29.3 Å². The van der Waals surface area contributed by atoms with Gasteiger partial charge in [-0.3, -0.25) is 14.4 Å². The fourth-order valence-corrected chi connectivity index (χ4v) is 2.92. The monoisotopic (exact) mass is 391 g/mol. The highest BCUT2D eigenvalue weighted by Gasteiger charge is 2.35. The predicted molar refractivity (Wildman–Crippen MR) is 108 cm³/mol. The Morgan fingerprint density at radius 3 is 2.37 bits per heavy atom. The van der Waals surface area contributed by atoms with E-state index in [1.54, 1.807) is 25.1 Å². The van der Waals surface area contributed by atoms with Crippen molar-refractivity contribution in [1.82, 2.24) is 5.32 Å². The lowest BCUT2D eigenvalue weighted by atomic mass is 10.1. The third kappa shape index (κ3) is 4.89. The average Bonchev–Trinajstić information content (AvgIpc) is 2.83. The van der Waals surface area contributed by atoms with Gasteiger partial charge < -0.3 is 10.6 Å². The molecule has 7 heteroatoms. The predicted octanol–water partition coefficient (Wildman–Crippen LogP) is 3.65. The molecule has 27 heavy (non-hydrogen) atoms. The smallest absolute Gasteiger partial charge is 0.261 e. The Balaban J connectivity index is 2.27. The van der Waals surface area contributed by atoms with E-state index in [-0.39, 0.29) is 29.7 Å². The molecule has 3 amide bonds. The minimum atomic E-state index is -0.546. The number of nitrogens with one attached hydrogen (secondary N) is 2. The Hall–Kier alpha value is -2.34. The molecule has 1 unspecified atom stereocenters. The maximum atomic E-state index is 12.6. The first-order valence-electron chi connectivity index (χ1n) is 8.82. The van der Waals surface area contributed by atoms with E-state index in [4.69, 9.17) is 11.6 Å². The first kappa shape index (κ1) is 21.0. The van der Waals surface area contributed by atoms with Gasteiger partial charge in [0, 0.05) is 11.1 Å². The van der Waals surface area contributed by atoms with E-state index in [9.17, 15) is 14.4 Å². The fraction of sp³-hybridized carbons (Fsp3) is 0.450. The molecular formula is C20H26ClN3O3. The molecule has 1 aliphatic rings. The van der Waals surface area contributed by atoms with E-state index in [1.807, 2.05) is 34.6 Å². The molecular weight excluding hydrogens is 366 g/mol. The largest absolute Gasteiger partial charge is 0.373 e. The van der Waals surface area contributed by atoms with Crippen LogP contribution >= 0.6 is 11.6 Å². The summed E-state index contributed by atoms with van der Waals surface area (Å²) in [6, 6.07) is 4.30. The highest BCUT2D eigenvalue weighted by molar-refractivity contribution is 6.34. The lowest BCUT2D eigenvalue weighted by molar-refractivity contribution is -0.123. The van der Waals surface area contributed by atoms with E-state index in [1.165, 1.54) is 0 Å². The summed E-state index contributed by atoms with van der Waals surface area (Å²) >= 11 is 6.24. The number of hydrogen-bond donors (Lipinski definition) is 2. The Labute approximate surface area is 164 Å². The van der Waals surface area contributed by atoms with Gasteiger partial charge in [0.15, 0.2) is 0 Å². The zero-order valence-corrected chi connectivity index (χ0v) is 17.3. The van der Waals surface area contributed by atoms with Gasteiger partial charge in [0.1, 0.15) is 6.04 Å². The maximum Gasteiger partial charge on any atom is 0.261 e. The number of halogens is 1.